The minimum Gasteiger partial charge on any atom is -0.489 e. The summed E-state index contributed by atoms with van der Waals surface area (Å²) in [4.78, 5) is 16.3. The van der Waals surface area contributed by atoms with Crippen molar-refractivity contribution in [3.8, 4) is 23.0 Å². The molecule has 0 amide bonds. The summed E-state index contributed by atoms with van der Waals surface area (Å²) in [6.07, 6.45) is 0. The summed E-state index contributed by atoms with van der Waals surface area (Å²) in [5, 5.41) is 8.68. The first-order chi connectivity index (χ1) is 16.1. The SMILES string of the molecule is Cc1oc(-c2ccc(OCc3ccccc3)cc2)nc1CSc1ccc(OCC(=O)O)cc1. The Morgan fingerprint density at radius 2 is 1.61 bits per heavy atom. The van der Waals surface area contributed by atoms with Crippen LogP contribution in [-0.2, 0) is 17.2 Å². The number of aromatic nitrogens is 1. The van der Waals surface area contributed by atoms with Gasteiger partial charge in [0, 0.05) is 16.2 Å². The van der Waals surface area contributed by atoms with Gasteiger partial charge in [-0.3, -0.25) is 0 Å². The van der Waals surface area contributed by atoms with Crippen LogP contribution >= 0.6 is 11.8 Å². The largest absolute Gasteiger partial charge is 0.489 e. The third kappa shape index (κ3) is 6.40. The van der Waals surface area contributed by atoms with Crippen molar-refractivity contribution in [1.29, 1.82) is 0 Å². The zero-order chi connectivity index (χ0) is 23.0. The van der Waals surface area contributed by atoms with Crippen molar-refractivity contribution in [3.63, 3.8) is 0 Å². The van der Waals surface area contributed by atoms with E-state index in [1.807, 2.05) is 73.7 Å². The molecular weight excluding hydrogens is 438 g/mol. The molecule has 1 aromatic heterocycles. The van der Waals surface area contributed by atoms with Crippen LogP contribution in [0.5, 0.6) is 11.5 Å². The number of hydrogen-bond acceptors (Lipinski definition) is 6. The number of carboxylic acids is 1. The molecule has 1 N–H and O–H groups in total. The normalized spacial score (nSPS) is 10.7. The number of carbonyl (C=O) groups is 1. The van der Waals surface area contributed by atoms with Crippen molar-refractivity contribution in [3.05, 3.63) is 95.9 Å². The maximum atomic E-state index is 10.6. The molecule has 0 saturated heterocycles. The lowest BCUT2D eigenvalue weighted by Gasteiger charge is -2.06. The first kappa shape index (κ1) is 22.5. The molecule has 4 aromatic rings. The second kappa shape index (κ2) is 10.7. The molecule has 33 heavy (non-hydrogen) atoms. The summed E-state index contributed by atoms with van der Waals surface area (Å²) in [6, 6.07) is 25.1. The van der Waals surface area contributed by atoms with Gasteiger partial charge in [-0.15, -0.1) is 11.8 Å². The van der Waals surface area contributed by atoms with Crippen LogP contribution in [0.15, 0.2) is 88.2 Å². The fraction of sp³-hybridized carbons (Fsp3) is 0.154. The summed E-state index contributed by atoms with van der Waals surface area (Å²) < 4.78 is 16.9. The smallest absolute Gasteiger partial charge is 0.341 e. The maximum Gasteiger partial charge on any atom is 0.341 e. The molecule has 0 aliphatic carbocycles. The molecule has 0 unspecified atom stereocenters. The Morgan fingerprint density at radius 3 is 2.30 bits per heavy atom. The standard InChI is InChI=1S/C26H23NO5S/c1-18-24(17-33-23-13-11-22(12-14-23)31-16-25(28)29)27-26(32-18)20-7-9-21(10-8-20)30-15-19-5-3-2-4-6-19/h2-14H,15-17H2,1H3,(H,28,29). The van der Waals surface area contributed by atoms with E-state index in [0.717, 1.165) is 33.2 Å². The van der Waals surface area contributed by atoms with Gasteiger partial charge in [-0.2, -0.15) is 0 Å². The predicted molar refractivity (Wildman–Crippen MR) is 127 cm³/mol. The van der Waals surface area contributed by atoms with Gasteiger partial charge in [0.05, 0.1) is 5.69 Å². The van der Waals surface area contributed by atoms with Crippen molar-refractivity contribution in [1.82, 2.24) is 4.98 Å². The monoisotopic (exact) mass is 461 g/mol. The average Bonchev–Trinajstić information content (AvgIpc) is 3.22. The molecule has 6 nitrogen and oxygen atoms in total. The molecule has 168 valence electrons. The van der Waals surface area contributed by atoms with E-state index in [0.29, 0.717) is 24.0 Å². The van der Waals surface area contributed by atoms with E-state index in [2.05, 4.69) is 4.98 Å². The van der Waals surface area contributed by atoms with Crippen LogP contribution in [0.4, 0.5) is 0 Å². The minimum absolute atomic E-state index is 0.354. The van der Waals surface area contributed by atoms with Crippen LogP contribution in [0, 0.1) is 6.92 Å². The number of carboxylic acid groups (broad SMARTS) is 1. The summed E-state index contributed by atoms with van der Waals surface area (Å²) in [5.41, 5.74) is 2.89. The summed E-state index contributed by atoms with van der Waals surface area (Å²) in [5.74, 6) is 2.33. The van der Waals surface area contributed by atoms with Gasteiger partial charge in [-0.1, -0.05) is 30.3 Å². The molecule has 4 rings (SSSR count). The third-order valence-electron chi connectivity index (χ3n) is 4.80. The third-order valence-corrected chi connectivity index (χ3v) is 5.83. The number of oxazole rings is 1. The zero-order valence-electron chi connectivity index (χ0n) is 18.1. The summed E-state index contributed by atoms with van der Waals surface area (Å²) >= 11 is 1.62. The van der Waals surface area contributed by atoms with Crippen molar-refractivity contribution >= 4 is 17.7 Å². The number of ether oxygens (including phenoxy) is 2. The Labute approximate surface area is 196 Å². The van der Waals surface area contributed by atoms with Crippen LogP contribution in [0.1, 0.15) is 17.0 Å². The number of benzene rings is 3. The highest BCUT2D eigenvalue weighted by atomic mass is 32.2. The Kier molecular flexibility index (Phi) is 7.32. The van der Waals surface area contributed by atoms with Gasteiger partial charge in [-0.25, -0.2) is 9.78 Å². The Hall–Kier alpha value is -3.71. The van der Waals surface area contributed by atoms with Gasteiger partial charge in [0.1, 0.15) is 23.9 Å². The van der Waals surface area contributed by atoms with Gasteiger partial charge in [-0.05, 0) is 61.0 Å². The number of nitrogens with zero attached hydrogens (tertiary/aromatic N) is 1. The first-order valence-corrected chi connectivity index (χ1v) is 11.4. The topological polar surface area (TPSA) is 81.8 Å². The van der Waals surface area contributed by atoms with Gasteiger partial charge in [0.15, 0.2) is 6.61 Å². The first-order valence-electron chi connectivity index (χ1n) is 10.4. The van der Waals surface area contributed by atoms with E-state index in [4.69, 9.17) is 19.0 Å². The molecule has 0 aliphatic rings. The molecule has 7 heteroatoms. The van der Waals surface area contributed by atoms with Crippen LogP contribution in [0.25, 0.3) is 11.5 Å². The Bertz CT molecular complexity index is 1190. The second-order valence-electron chi connectivity index (χ2n) is 7.26. The van der Waals surface area contributed by atoms with Crippen LogP contribution in [0.3, 0.4) is 0 Å². The number of thioether (sulfide) groups is 1. The van der Waals surface area contributed by atoms with Crippen molar-refractivity contribution in [2.45, 2.75) is 24.2 Å². The van der Waals surface area contributed by atoms with E-state index in [1.54, 1.807) is 23.9 Å². The molecule has 0 radical (unpaired) electrons. The van der Waals surface area contributed by atoms with E-state index < -0.39 is 5.97 Å². The molecule has 0 bridgehead atoms. The minimum atomic E-state index is -1.000. The quantitative estimate of drug-likeness (QED) is 0.291. The molecule has 0 atom stereocenters. The molecule has 3 aromatic carbocycles. The van der Waals surface area contributed by atoms with Crippen LogP contribution in [-0.4, -0.2) is 22.7 Å². The fourth-order valence-electron chi connectivity index (χ4n) is 3.05. The lowest BCUT2D eigenvalue weighted by Crippen LogP contribution is -2.09. The zero-order valence-corrected chi connectivity index (χ0v) is 18.9. The van der Waals surface area contributed by atoms with Crippen molar-refractivity contribution in [2.24, 2.45) is 0 Å². The highest BCUT2D eigenvalue weighted by molar-refractivity contribution is 7.98. The molecule has 0 spiro atoms. The Morgan fingerprint density at radius 1 is 0.939 bits per heavy atom. The Balaban J connectivity index is 1.33. The highest BCUT2D eigenvalue weighted by Crippen LogP contribution is 2.29. The van der Waals surface area contributed by atoms with Gasteiger partial charge >= 0.3 is 5.97 Å². The lowest BCUT2D eigenvalue weighted by atomic mass is 10.2. The number of rotatable bonds is 10. The maximum absolute atomic E-state index is 10.6. The van der Waals surface area contributed by atoms with E-state index >= 15 is 0 Å². The number of aryl methyl sites for hydroxylation is 1. The molecule has 0 fully saturated rings. The molecular formula is C26H23NO5S. The van der Waals surface area contributed by atoms with Crippen molar-refractivity contribution in [2.75, 3.05) is 6.61 Å². The van der Waals surface area contributed by atoms with Crippen LogP contribution in [0.2, 0.25) is 0 Å². The van der Waals surface area contributed by atoms with Gasteiger partial charge in [0.2, 0.25) is 5.89 Å². The number of aliphatic carboxylic acids is 1. The molecule has 0 aliphatic heterocycles. The van der Waals surface area contributed by atoms with E-state index in [1.165, 1.54) is 0 Å². The summed E-state index contributed by atoms with van der Waals surface area (Å²) in [7, 11) is 0. The van der Waals surface area contributed by atoms with Gasteiger partial charge in [0.25, 0.3) is 0 Å². The molecule has 0 saturated carbocycles. The van der Waals surface area contributed by atoms with Crippen molar-refractivity contribution < 1.29 is 23.8 Å². The molecule has 1 heterocycles. The second-order valence-corrected chi connectivity index (χ2v) is 8.31. The van der Waals surface area contributed by atoms with E-state index in [9.17, 15) is 4.79 Å². The van der Waals surface area contributed by atoms with E-state index in [-0.39, 0.29) is 6.61 Å². The van der Waals surface area contributed by atoms with Crippen LogP contribution < -0.4 is 9.47 Å². The summed E-state index contributed by atoms with van der Waals surface area (Å²) in [6.45, 7) is 2.08. The lowest BCUT2D eigenvalue weighted by molar-refractivity contribution is -0.139. The predicted octanol–water partition coefficient (Wildman–Crippen LogP) is 5.98. The number of hydrogen-bond donors (Lipinski definition) is 1. The highest BCUT2D eigenvalue weighted by Gasteiger charge is 2.12. The average molecular weight is 462 g/mol. The van der Waals surface area contributed by atoms with Gasteiger partial charge < -0.3 is 19.0 Å². The fourth-order valence-corrected chi connectivity index (χ4v) is 3.95.